The average molecular weight is 434 g/mol. The molecule has 3 nitrogen and oxygen atoms in total. The van der Waals surface area contributed by atoms with Crippen LogP contribution in [-0.4, -0.2) is 11.8 Å². The lowest BCUT2D eigenvalue weighted by Gasteiger charge is -2.54. The molecule has 5 heteroatoms. The van der Waals surface area contributed by atoms with Gasteiger partial charge in [0.05, 0.1) is 17.5 Å². The Kier molecular flexibility index (Phi) is 3.48. The maximum Gasteiger partial charge on any atom is 0.240 e. The summed E-state index contributed by atoms with van der Waals surface area (Å²) in [6.45, 7) is 1.96. The summed E-state index contributed by atoms with van der Waals surface area (Å²) >= 11 is 14.8. The highest BCUT2D eigenvalue weighted by Gasteiger charge is 2.73. The molecule has 1 fully saturated rings. The molecule has 30 heavy (non-hydrogen) atoms. The maximum atomic E-state index is 13.8. The van der Waals surface area contributed by atoms with Crippen molar-refractivity contribution in [2.75, 3.05) is 4.90 Å². The Labute approximate surface area is 184 Å². The third kappa shape index (κ3) is 1.89. The first kappa shape index (κ1) is 18.2. The number of hydrogen-bond donors (Lipinski definition) is 0. The molecular weight excluding hydrogens is 417 g/mol. The summed E-state index contributed by atoms with van der Waals surface area (Å²) in [6.07, 6.45) is 0. The largest absolute Gasteiger partial charge is 0.274 e. The number of anilines is 1. The molecule has 0 unspecified atom stereocenters. The Balaban J connectivity index is 1.66. The number of halogens is 2. The van der Waals surface area contributed by atoms with E-state index in [0.29, 0.717) is 5.69 Å². The van der Waals surface area contributed by atoms with Gasteiger partial charge in [-0.05, 0) is 41.3 Å². The number of imide groups is 1. The molecule has 2 bridgehead atoms. The van der Waals surface area contributed by atoms with Gasteiger partial charge in [-0.1, -0.05) is 66.2 Å². The second kappa shape index (κ2) is 5.75. The van der Waals surface area contributed by atoms with Crippen LogP contribution in [0.3, 0.4) is 0 Å². The molecule has 3 aromatic rings. The van der Waals surface area contributed by atoms with Crippen molar-refractivity contribution in [2.24, 2.45) is 11.8 Å². The third-order valence-corrected chi connectivity index (χ3v) is 8.16. The number of hydrogen-bond acceptors (Lipinski definition) is 2. The van der Waals surface area contributed by atoms with E-state index in [1.165, 1.54) is 4.90 Å². The summed E-state index contributed by atoms with van der Waals surface area (Å²) in [5, 5.41) is 0. The molecule has 148 valence electrons. The fourth-order valence-corrected chi connectivity index (χ4v) is 6.71. The molecule has 1 heterocycles. The predicted molar refractivity (Wildman–Crippen MR) is 117 cm³/mol. The van der Waals surface area contributed by atoms with Crippen LogP contribution in [0.15, 0.2) is 72.8 Å². The van der Waals surface area contributed by atoms with Gasteiger partial charge >= 0.3 is 0 Å². The van der Waals surface area contributed by atoms with Crippen LogP contribution in [0.1, 0.15) is 27.8 Å². The van der Waals surface area contributed by atoms with Crippen LogP contribution in [0.25, 0.3) is 0 Å². The number of carbonyl (C=O) groups excluding carboxylic acids is 2. The van der Waals surface area contributed by atoms with E-state index in [1.54, 1.807) is 12.1 Å². The van der Waals surface area contributed by atoms with E-state index >= 15 is 0 Å². The van der Waals surface area contributed by atoms with E-state index in [2.05, 4.69) is 0 Å². The van der Waals surface area contributed by atoms with Crippen LogP contribution in [0, 0.1) is 18.8 Å². The summed E-state index contributed by atoms with van der Waals surface area (Å²) in [4.78, 5) is 26.5. The van der Waals surface area contributed by atoms with Gasteiger partial charge in [-0.15, -0.1) is 23.2 Å². The molecule has 0 aromatic heterocycles. The first-order valence-corrected chi connectivity index (χ1v) is 10.7. The smallest absolute Gasteiger partial charge is 0.240 e. The van der Waals surface area contributed by atoms with Crippen molar-refractivity contribution >= 4 is 40.7 Å². The fourth-order valence-electron chi connectivity index (χ4n) is 5.62. The minimum Gasteiger partial charge on any atom is -0.274 e. The number of carbonyl (C=O) groups is 2. The van der Waals surface area contributed by atoms with E-state index in [4.69, 9.17) is 23.2 Å². The number of nitrogens with zero attached hydrogens (tertiary/aromatic N) is 1. The topological polar surface area (TPSA) is 37.4 Å². The van der Waals surface area contributed by atoms with Gasteiger partial charge in [-0.25, -0.2) is 4.90 Å². The number of alkyl halides is 2. The van der Waals surface area contributed by atoms with Crippen molar-refractivity contribution in [1.82, 2.24) is 0 Å². The summed E-state index contributed by atoms with van der Waals surface area (Å²) in [6, 6.07) is 22.7. The Morgan fingerprint density at radius 2 is 1.03 bits per heavy atom. The Morgan fingerprint density at radius 1 is 0.667 bits per heavy atom. The standard InChI is InChI=1S/C25H17Cl2NO2/c1-14-10-12-15(13-11-14)28-22(29)20-21(23(28)30)25(27)17-7-3-2-6-16(17)24(20,26)18-8-4-5-9-19(18)25/h2-13,20-21H,1H3/t20-,21-,24?,25?/m0/s1. The molecule has 2 atom stereocenters. The molecule has 3 aromatic carbocycles. The van der Waals surface area contributed by atoms with Crippen LogP contribution in [-0.2, 0) is 19.3 Å². The SMILES string of the molecule is Cc1ccc(N2C(=O)[C@@H]3[C@@H](C2=O)C2(Cl)c4ccccc4C3(Cl)c3ccccc32)cc1. The zero-order valence-electron chi connectivity index (χ0n) is 16.1. The van der Waals surface area contributed by atoms with Gasteiger partial charge in [0.25, 0.3) is 0 Å². The normalized spacial score (nSPS) is 30.8. The van der Waals surface area contributed by atoms with E-state index in [-0.39, 0.29) is 11.8 Å². The number of rotatable bonds is 1. The Morgan fingerprint density at radius 3 is 1.40 bits per heavy atom. The van der Waals surface area contributed by atoms with Crippen molar-refractivity contribution in [2.45, 2.75) is 16.7 Å². The quantitative estimate of drug-likeness (QED) is 0.395. The average Bonchev–Trinajstić information content (AvgIpc) is 3.04. The van der Waals surface area contributed by atoms with E-state index in [9.17, 15) is 9.59 Å². The molecule has 1 aliphatic heterocycles. The highest BCUT2D eigenvalue weighted by atomic mass is 35.5. The zero-order valence-corrected chi connectivity index (χ0v) is 17.6. The highest BCUT2D eigenvalue weighted by Crippen LogP contribution is 2.69. The lowest BCUT2D eigenvalue weighted by Crippen LogP contribution is -2.57. The van der Waals surface area contributed by atoms with E-state index < -0.39 is 21.6 Å². The van der Waals surface area contributed by atoms with Crippen LogP contribution >= 0.6 is 23.2 Å². The first-order chi connectivity index (χ1) is 14.4. The highest BCUT2D eigenvalue weighted by molar-refractivity contribution is 6.38. The summed E-state index contributed by atoms with van der Waals surface area (Å²) in [7, 11) is 0. The molecule has 0 saturated carbocycles. The number of benzene rings is 3. The van der Waals surface area contributed by atoms with E-state index in [0.717, 1.165) is 27.8 Å². The summed E-state index contributed by atoms with van der Waals surface area (Å²) in [5.41, 5.74) is 4.86. The van der Waals surface area contributed by atoms with Gasteiger partial charge < -0.3 is 0 Å². The van der Waals surface area contributed by atoms with Crippen molar-refractivity contribution < 1.29 is 9.59 Å². The van der Waals surface area contributed by atoms with Gasteiger partial charge in [-0.3, -0.25) is 9.59 Å². The Bertz CT molecular complexity index is 1130. The molecule has 0 radical (unpaired) electrons. The monoisotopic (exact) mass is 433 g/mol. The Hall–Kier alpha value is -2.62. The van der Waals surface area contributed by atoms with Crippen molar-refractivity contribution in [3.63, 3.8) is 0 Å². The van der Waals surface area contributed by atoms with Crippen LogP contribution in [0.4, 0.5) is 5.69 Å². The molecule has 2 amide bonds. The molecule has 1 saturated heterocycles. The summed E-state index contributed by atoms with van der Waals surface area (Å²) < 4.78 is 0. The fraction of sp³-hybridized carbons (Fsp3) is 0.200. The van der Waals surface area contributed by atoms with Gasteiger partial charge in [0.15, 0.2) is 0 Å². The zero-order chi connectivity index (χ0) is 20.8. The van der Waals surface area contributed by atoms with Gasteiger partial charge in [0.2, 0.25) is 11.8 Å². The van der Waals surface area contributed by atoms with Crippen molar-refractivity contribution in [3.8, 4) is 0 Å². The second-order valence-corrected chi connectivity index (χ2v) is 9.51. The molecule has 0 spiro atoms. The maximum absolute atomic E-state index is 13.8. The predicted octanol–water partition coefficient (Wildman–Crippen LogP) is 5.09. The molecule has 3 aliphatic carbocycles. The third-order valence-electron chi connectivity index (χ3n) is 6.88. The second-order valence-electron chi connectivity index (χ2n) is 8.32. The molecular formula is C25H17Cl2NO2. The summed E-state index contributed by atoms with van der Waals surface area (Å²) in [5.74, 6) is -2.12. The minimum atomic E-state index is -1.14. The molecule has 4 aliphatic rings. The van der Waals surface area contributed by atoms with Gasteiger partial charge in [-0.2, -0.15) is 0 Å². The van der Waals surface area contributed by atoms with Crippen LogP contribution < -0.4 is 4.90 Å². The first-order valence-electron chi connectivity index (χ1n) is 9.92. The van der Waals surface area contributed by atoms with Gasteiger partial charge in [0, 0.05) is 0 Å². The minimum absolute atomic E-state index is 0.294. The van der Waals surface area contributed by atoms with Crippen LogP contribution in [0.2, 0.25) is 0 Å². The molecule has 7 rings (SSSR count). The van der Waals surface area contributed by atoms with Crippen LogP contribution in [0.5, 0.6) is 0 Å². The van der Waals surface area contributed by atoms with Gasteiger partial charge in [0.1, 0.15) is 9.75 Å². The lowest BCUT2D eigenvalue weighted by atomic mass is 9.54. The van der Waals surface area contributed by atoms with E-state index in [1.807, 2.05) is 67.6 Å². The van der Waals surface area contributed by atoms with Crippen molar-refractivity contribution in [1.29, 1.82) is 0 Å². The van der Waals surface area contributed by atoms with Crippen molar-refractivity contribution in [3.05, 3.63) is 101 Å². The number of amides is 2. The lowest BCUT2D eigenvalue weighted by molar-refractivity contribution is -0.122. The molecule has 0 N–H and O–H groups in total. The number of aryl methyl sites for hydroxylation is 1.